The lowest BCUT2D eigenvalue weighted by Crippen LogP contribution is -2.21. The highest BCUT2D eigenvalue weighted by atomic mass is 16.5. The third-order valence-electron chi connectivity index (χ3n) is 20.7. The van der Waals surface area contributed by atoms with Gasteiger partial charge in [0.2, 0.25) is 0 Å². The number of methoxy groups -OCH3 is 5. The second-order valence-electron chi connectivity index (χ2n) is 28.5. The van der Waals surface area contributed by atoms with Crippen LogP contribution < -0.4 is 33.2 Å². The van der Waals surface area contributed by atoms with Crippen molar-refractivity contribution in [2.24, 2.45) is 35.5 Å². The van der Waals surface area contributed by atoms with Gasteiger partial charge in [-0.3, -0.25) is 19.2 Å². The van der Waals surface area contributed by atoms with Crippen LogP contribution in [-0.2, 0) is 55.9 Å². The molecule has 614 valence electrons. The summed E-state index contributed by atoms with van der Waals surface area (Å²) in [6, 6.07) is 48.2. The molecule has 5 heterocycles. The quantitative estimate of drug-likeness (QED) is 0.0264. The maximum absolute atomic E-state index is 12.2. The number of aliphatic hydroxyl groups is 1. The van der Waals surface area contributed by atoms with Crippen LogP contribution in [0.3, 0.4) is 0 Å². The van der Waals surface area contributed by atoms with Gasteiger partial charge >= 0.3 is 11.9 Å². The van der Waals surface area contributed by atoms with Crippen molar-refractivity contribution in [2.45, 2.75) is 63.3 Å². The van der Waals surface area contributed by atoms with Crippen molar-refractivity contribution in [3.05, 3.63) is 238 Å². The van der Waals surface area contributed by atoms with Gasteiger partial charge in [-0.15, -0.1) is 0 Å². The number of hydrogen-bond donors (Lipinski definition) is 14. The lowest BCUT2D eigenvalue weighted by molar-refractivity contribution is -0.142. The maximum atomic E-state index is 12.2. The largest absolute Gasteiger partial charge is 0.508 e. The molecule has 117 heavy (non-hydrogen) atoms. The number of aliphatic hydroxyl groups excluding tert-OH is 1. The molecule has 0 amide bonds. The smallest absolute Gasteiger partial charge is 0.309 e. The number of aromatic hydroxyl groups is 13. The van der Waals surface area contributed by atoms with E-state index in [9.17, 15) is 90.7 Å². The molecule has 3 saturated heterocycles. The normalized spacial score (nSPS) is 19.4. The van der Waals surface area contributed by atoms with Crippen LogP contribution in [0.2, 0.25) is 0 Å². The topological polar surface area (TPSA) is 444 Å². The van der Waals surface area contributed by atoms with Gasteiger partial charge in [-0.1, -0.05) is 60.7 Å². The highest BCUT2D eigenvalue weighted by molar-refractivity contribution is 6.03. The van der Waals surface area contributed by atoms with Crippen molar-refractivity contribution in [1.29, 1.82) is 0 Å². The Labute approximate surface area is 671 Å². The molecule has 0 spiro atoms. The van der Waals surface area contributed by atoms with E-state index in [-0.39, 0.29) is 188 Å². The summed E-state index contributed by atoms with van der Waals surface area (Å²) in [5, 5.41) is 135. The molecule has 28 heteroatoms. The Morgan fingerprint density at radius 1 is 0.333 bits per heavy atom. The van der Waals surface area contributed by atoms with E-state index in [0.29, 0.717) is 86.0 Å². The van der Waals surface area contributed by atoms with Crippen LogP contribution in [0.1, 0.15) is 96.4 Å². The second kappa shape index (κ2) is 38.0. The van der Waals surface area contributed by atoms with Gasteiger partial charge in [-0.25, -0.2) is 0 Å². The highest BCUT2D eigenvalue weighted by Crippen LogP contribution is 2.47. The SMILES string of the molecule is COc1cc(C2CC(=O)c3c(O)cc(O)cc3O2)ccc1O.COc1cc(C[C@H]2COC(=O)[C@@H]2Cc2ccc(O)c(OC)c2)ccc1O.COc1cc(C[C@H]2CO[C@H](c3ccc(O)c(OC)c3)[C@H]2CO)ccc1O.O=C1CC(c2ccc(O)c(O)c2)Oc2cc(O)cc(O)c21.O=C1OC[C@@H](Cc2cccc(O)c2)C1Cc1cccc(O)c1. The summed E-state index contributed by atoms with van der Waals surface area (Å²) in [5.41, 5.74) is 6.91. The van der Waals surface area contributed by atoms with E-state index in [4.69, 9.17) is 47.4 Å². The number of hydrogen-bond acceptors (Lipinski definition) is 28. The Morgan fingerprint density at radius 3 is 1.10 bits per heavy atom. The molecule has 9 atom stereocenters. The Morgan fingerprint density at radius 2 is 0.692 bits per heavy atom. The summed E-state index contributed by atoms with van der Waals surface area (Å²) < 4.78 is 53.4. The summed E-state index contributed by atoms with van der Waals surface area (Å²) in [6.45, 7) is 1.27. The number of carbonyl (C=O) groups is 4. The predicted octanol–water partition coefficient (Wildman–Crippen LogP) is 12.7. The average molecular weight is 1610 g/mol. The number of phenols is 13. The predicted molar refractivity (Wildman–Crippen MR) is 421 cm³/mol. The summed E-state index contributed by atoms with van der Waals surface area (Å²) >= 11 is 0. The Balaban J connectivity index is 0.000000144. The minimum atomic E-state index is -0.669. The van der Waals surface area contributed by atoms with E-state index in [1.54, 1.807) is 109 Å². The van der Waals surface area contributed by atoms with E-state index in [0.717, 1.165) is 45.5 Å². The molecule has 0 bridgehead atoms. The van der Waals surface area contributed by atoms with Crippen LogP contribution in [0.4, 0.5) is 0 Å². The maximum Gasteiger partial charge on any atom is 0.309 e. The number of esters is 2. The van der Waals surface area contributed by atoms with Gasteiger partial charge in [0.1, 0.15) is 69.3 Å². The molecule has 10 aromatic carbocycles. The van der Waals surface area contributed by atoms with Gasteiger partial charge < -0.3 is 119 Å². The minimum absolute atomic E-state index is 0.00621. The number of carbonyl (C=O) groups excluding carboxylic acids is 4. The van der Waals surface area contributed by atoms with E-state index >= 15 is 0 Å². The molecule has 28 nitrogen and oxygen atoms in total. The van der Waals surface area contributed by atoms with Gasteiger partial charge in [-0.05, 0) is 180 Å². The standard InChI is InChI=1S/C20H22O6.C20H24O6.C18H18O4.C16H14O6.C15H12O6/c1-24-18-9-12(3-5-16(18)21)7-14-11-26-20(23)15(14)8-13-4-6-17(22)19(10-13)25-2;1-24-18-8-12(3-5-16(18)22)7-14-11-26-20(15(14)10-21)13-4-6-17(23)19(9-13)25-2;19-15-5-1-3-12(8-15)7-14-11-22-18(21)17(14)10-13-4-2-6-16(20)9-13;1-21-14-4-8(2-3-10(14)18)13-7-12(20)16-11(19)5-9(17)6-15(16)22-13;16-8-4-11(19)15-12(20)6-13(21-14(15)5-8)7-1-2-9(17)10(18)3-7/h3-6,9-10,14-15,21-22H,7-8,11H2,1-2H3;3-6,8-9,14-15,20-23H,7,10-11H2,1-2H3;1-6,8-9,14,17,19-20H,7,10-11H2;2-6,13,17-19H,7H2,1H3;1-5,13,16-19H,6H2/t14-,15+;14-,15-,20+;14-,17?;;/m001../s1. The van der Waals surface area contributed by atoms with E-state index in [1.807, 2.05) is 24.3 Å². The highest BCUT2D eigenvalue weighted by Gasteiger charge is 2.41. The fourth-order valence-electron chi connectivity index (χ4n) is 14.7. The van der Waals surface area contributed by atoms with Crippen molar-refractivity contribution >= 4 is 23.5 Å². The lowest BCUT2D eigenvalue weighted by atomic mass is 9.84. The first-order valence-corrected chi connectivity index (χ1v) is 37.1. The molecule has 5 aliphatic heterocycles. The van der Waals surface area contributed by atoms with Crippen molar-refractivity contribution in [2.75, 3.05) is 62.0 Å². The molecular weight excluding hydrogens is 1520 g/mol. The molecule has 0 saturated carbocycles. The zero-order valence-corrected chi connectivity index (χ0v) is 64.3. The number of ketones is 2. The third kappa shape index (κ3) is 20.7. The molecule has 0 radical (unpaired) electrons. The van der Waals surface area contributed by atoms with Crippen molar-refractivity contribution in [3.8, 4) is 115 Å². The Hall–Kier alpha value is -13.6. The van der Waals surface area contributed by atoms with Gasteiger partial charge in [0.25, 0.3) is 0 Å². The zero-order chi connectivity index (χ0) is 83.9. The summed E-state index contributed by atoms with van der Waals surface area (Å²) in [6.07, 6.45) is 1.59. The second-order valence-corrected chi connectivity index (χ2v) is 28.5. The third-order valence-corrected chi connectivity index (χ3v) is 20.7. The zero-order valence-electron chi connectivity index (χ0n) is 64.3. The first-order chi connectivity index (χ1) is 56.1. The fourth-order valence-corrected chi connectivity index (χ4v) is 14.7. The van der Waals surface area contributed by atoms with E-state index in [2.05, 4.69) is 0 Å². The van der Waals surface area contributed by atoms with Crippen LogP contribution in [0, 0.1) is 35.5 Å². The van der Waals surface area contributed by atoms with Crippen LogP contribution in [-0.4, -0.2) is 157 Å². The van der Waals surface area contributed by atoms with Gasteiger partial charge in [0, 0.05) is 48.6 Å². The Kier molecular flexibility index (Phi) is 27.4. The number of phenolic OH excluding ortho intramolecular Hbond substituents is 13. The first-order valence-electron chi connectivity index (χ1n) is 37.1. The number of benzene rings is 10. The van der Waals surface area contributed by atoms with Crippen LogP contribution in [0.5, 0.6) is 115 Å². The number of fused-ring (bicyclic) bond motifs is 2. The van der Waals surface area contributed by atoms with Crippen molar-refractivity contribution < 1.29 is 138 Å². The monoisotopic (exact) mass is 1610 g/mol. The molecule has 0 aliphatic carbocycles. The average Bonchev–Trinajstić information content (AvgIpc) is 1.64. The molecule has 5 aliphatic rings. The molecule has 3 fully saturated rings. The fraction of sp³-hybridized carbons (Fsp3) is 0.281. The van der Waals surface area contributed by atoms with Gasteiger partial charge in [0.05, 0.1) is 86.2 Å². The summed E-state index contributed by atoms with van der Waals surface area (Å²) in [4.78, 5) is 48.5. The minimum Gasteiger partial charge on any atom is -0.508 e. The summed E-state index contributed by atoms with van der Waals surface area (Å²) in [7, 11) is 7.43. The number of Topliss-reactive ketones (excluding diaryl/α,β-unsaturated/α-hetero) is 2. The number of rotatable bonds is 19. The van der Waals surface area contributed by atoms with Crippen LogP contribution in [0.15, 0.2) is 182 Å². The molecule has 10 aromatic rings. The summed E-state index contributed by atoms with van der Waals surface area (Å²) in [5.74, 6) is -0.120. The van der Waals surface area contributed by atoms with Crippen molar-refractivity contribution in [1.82, 2.24) is 0 Å². The van der Waals surface area contributed by atoms with Gasteiger partial charge in [0.15, 0.2) is 80.6 Å². The molecular formula is C89H90O28. The van der Waals surface area contributed by atoms with E-state index < -0.39 is 12.2 Å². The lowest BCUT2D eigenvalue weighted by Gasteiger charge is -2.26. The molecule has 3 unspecified atom stereocenters. The van der Waals surface area contributed by atoms with Crippen LogP contribution >= 0.6 is 0 Å². The van der Waals surface area contributed by atoms with E-state index in [1.165, 1.54) is 71.9 Å². The molecule has 0 aromatic heterocycles. The molecule has 15 rings (SSSR count). The van der Waals surface area contributed by atoms with Crippen LogP contribution in [0.25, 0.3) is 0 Å². The first kappa shape index (κ1) is 84.3. The number of ether oxygens (including phenoxy) is 10. The van der Waals surface area contributed by atoms with Gasteiger partial charge in [-0.2, -0.15) is 0 Å². The Bertz CT molecular complexity index is 5210. The number of cyclic esters (lactones) is 2. The van der Waals surface area contributed by atoms with Crippen molar-refractivity contribution in [3.63, 3.8) is 0 Å². The molecule has 14 N–H and O–H groups in total.